The van der Waals surface area contributed by atoms with Crippen LogP contribution in [0, 0.1) is 5.92 Å². The van der Waals surface area contributed by atoms with Crippen LogP contribution in [0.1, 0.15) is 47.0 Å². The van der Waals surface area contributed by atoms with Gasteiger partial charge in [0.1, 0.15) is 0 Å². The minimum atomic E-state index is -0.364. The van der Waals surface area contributed by atoms with Crippen molar-refractivity contribution in [2.24, 2.45) is 5.92 Å². The van der Waals surface area contributed by atoms with Crippen molar-refractivity contribution in [3.05, 3.63) is 0 Å². The second kappa shape index (κ2) is 6.02. The fourth-order valence-electron chi connectivity index (χ4n) is 2.23. The van der Waals surface area contributed by atoms with Gasteiger partial charge in [0, 0.05) is 5.60 Å². The van der Waals surface area contributed by atoms with Crippen LogP contribution in [0.15, 0.2) is 0 Å². The Balaban J connectivity index is 2.34. The maximum atomic E-state index is 6.05. The Morgan fingerprint density at radius 1 is 1.47 bits per heavy atom. The molecular formula is C12H27NOSi. The molecule has 0 saturated carbocycles. The van der Waals surface area contributed by atoms with Crippen LogP contribution in [0.2, 0.25) is 5.54 Å². The predicted octanol–water partition coefficient (Wildman–Crippen LogP) is 2.08. The van der Waals surface area contributed by atoms with Gasteiger partial charge >= 0.3 is 0 Å². The van der Waals surface area contributed by atoms with Crippen molar-refractivity contribution in [1.82, 2.24) is 5.32 Å². The van der Waals surface area contributed by atoms with Crippen LogP contribution in [-0.2, 0) is 4.43 Å². The lowest BCUT2D eigenvalue weighted by atomic mass is 9.94. The zero-order valence-electron chi connectivity index (χ0n) is 10.8. The van der Waals surface area contributed by atoms with E-state index in [4.69, 9.17) is 4.43 Å². The van der Waals surface area contributed by atoms with Crippen LogP contribution < -0.4 is 5.32 Å². The van der Waals surface area contributed by atoms with Gasteiger partial charge in [-0.3, -0.25) is 0 Å². The van der Waals surface area contributed by atoms with E-state index >= 15 is 0 Å². The first-order valence-electron chi connectivity index (χ1n) is 6.37. The highest BCUT2D eigenvalue weighted by Crippen LogP contribution is 2.28. The molecular weight excluding hydrogens is 202 g/mol. The minimum absolute atomic E-state index is 0.0712. The lowest BCUT2D eigenvalue weighted by Crippen LogP contribution is -2.35. The summed E-state index contributed by atoms with van der Waals surface area (Å²) in [7, 11) is -0.364. The Kier molecular flexibility index (Phi) is 5.30. The maximum absolute atomic E-state index is 6.05. The highest BCUT2D eigenvalue weighted by molar-refractivity contribution is 6.29. The molecule has 1 aliphatic rings. The summed E-state index contributed by atoms with van der Waals surface area (Å²) in [4.78, 5) is 0. The second-order valence-corrected chi connectivity index (χ2v) is 7.37. The number of hydrogen-bond donors (Lipinski definition) is 1. The molecule has 0 radical (unpaired) electrons. The van der Waals surface area contributed by atoms with Gasteiger partial charge in [-0.15, -0.1) is 0 Å². The molecule has 2 unspecified atom stereocenters. The van der Waals surface area contributed by atoms with E-state index in [1.165, 1.54) is 32.4 Å². The molecule has 1 fully saturated rings. The van der Waals surface area contributed by atoms with Crippen molar-refractivity contribution >= 4 is 9.76 Å². The fourth-order valence-corrected chi connectivity index (χ4v) is 3.85. The standard InChI is InChI=1S/C12H27NOSi/c1-5-11(15-14-12(2,3)4)10-7-6-8-13-9-10/h10-11,13H,5-9,15H2,1-4H3. The molecule has 15 heavy (non-hydrogen) atoms. The van der Waals surface area contributed by atoms with Crippen molar-refractivity contribution in [2.45, 2.75) is 58.1 Å². The van der Waals surface area contributed by atoms with Gasteiger partial charge in [-0.05, 0) is 58.2 Å². The van der Waals surface area contributed by atoms with Gasteiger partial charge in [-0.25, -0.2) is 0 Å². The summed E-state index contributed by atoms with van der Waals surface area (Å²) >= 11 is 0. The summed E-state index contributed by atoms with van der Waals surface area (Å²) in [5, 5.41) is 3.51. The van der Waals surface area contributed by atoms with Crippen molar-refractivity contribution in [3.63, 3.8) is 0 Å². The molecule has 1 rings (SSSR count). The highest BCUT2D eigenvalue weighted by Gasteiger charge is 2.24. The molecule has 3 heteroatoms. The highest BCUT2D eigenvalue weighted by atomic mass is 28.2. The van der Waals surface area contributed by atoms with Gasteiger partial charge in [0.05, 0.1) is 0 Å². The Hall–Kier alpha value is 0.137. The molecule has 1 saturated heterocycles. The quantitative estimate of drug-likeness (QED) is 0.745. The number of rotatable bonds is 4. The topological polar surface area (TPSA) is 21.3 Å². The first-order valence-corrected chi connectivity index (χ1v) is 7.77. The molecule has 0 aromatic carbocycles. The van der Waals surface area contributed by atoms with Crippen molar-refractivity contribution in [1.29, 1.82) is 0 Å². The maximum Gasteiger partial charge on any atom is 0.165 e. The lowest BCUT2D eigenvalue weighted by Gasteiger charge is -2.32. The SMILES string of the molecule is CCC([SiH2]OC(C)(C)C)C1CCCNC1. The molecule has 0 aromatic heterocycles. The first-order chi connectivity index (χ1) is 7.03. The van der Waals surface area contributed by atoms with E-state index in [1.54, 1.807) is 0 Å². The largest absolute Gasteiger partial charge is 0.419 e. The monoisotopic (exact) mass is 229 g/mol. The van der Waals surface area contributed by atoms with E-state index in [-0.39, 0.29) is 15.4 Å². The molecule has 0 aromatic rings. The Bertz CT molecular complexity index is 173. The van der Waals surface area contributed by atoms with Gasteiger partial charge in [0.15, 0.2) is 9.76 Å². The van der Waals surface area contributed by atoms with Gasteiger partial charge in [-0.2, -0.15) is 0 Å². The summed E-state index contributed by atoms with van der Waals surface area (Å²) < 4.78 is 6.05. The van der Waals surface area contributed by atoms with E-state index in [0.717, 1.165) is 11.5 Å². The first kappa shape index (κ1) is 13.2. The third kappa shape index (κ3) is 5.14. The van der Waals surface area contributed by atoms with Gasteiger partial charge < -0.3 is 9.74 Å². The van der Waals surface area contributed by atoms with Gasteiger partial charge in [0.25, 0.3) is 0 Å². The van der Waals surface area contributed by atoms with E-state index in [2.05, 4.69) is 33.0 Å². The summed E-state index contributed by atoms with van der Waals surface area (Å²) in [5.41, 5.74) is 0.943. The zero-order chi connectivity index (χ0) is 11.3. The molecule has 1 N–H and O–H groups in total. The van der Waals surface area contributed by atoms with Crippen LogP contribution in [-0.4, -0.2) is 28.5 Å². The average molecular weight is 229 g/mol. The van der Waals surface area contributed by atoms with Crippen LogP contribution in [0.3, 0.4) is 0 Å². The van der Waals surface area contributed by atoms with Gasteiger partial charge in [-0.1, -0.05) is 13.3 Å². The van der Waals surface area contributed by atoms with E-state index < -0.39 is 0 Å². The third-order valence-corrected chi connectivity index (χ3v) is 5.96. The van der Waals surface area contributed by atoms with E-state index in [9.17, 15) is 0 Å². The molecule has 90 valence electrons. The predicted molar refractivity (Wildman–Crippen MR) is 69.0 cm³/mol. The van der Waals surface area contributed by atoms with Crippen LogP contribution >= 0.6 is 0 Å². The average Bonchev–Trinajstić information content (AvgIpc) is 2.19. The van der Waals surface area contributed by atoms with Crippen LogP contribution in [0.5, 0.6) is 0 Å². The Labute approximate surface area is 97.1 Å². The smallest absolute Gasteiger partial charge is 0.165 e. The summed E-state index contributed by atoms with van der Waals surface area (Å²) in [6, 6.07) is 0. The molecule has 0 aliphatic carbocycles. The second-order valence-electron chi connectivity index (χ2n) is 5.70. The molecule has 1 aliphatic heterocycles. The zero-order valence-corrected chi connectivity index (χ0v) is 12.2. The molecule has 2 atom stereocenters. The molecule has 0 bridgehead atoms. The normalized spacial score (nSPS) is 26.0. The Morgan fingerprint density at radius 3 is 2.67 bits per heavy atom. The molecule has 2 nitrogen and oxygen atoms in total. The fraction of sp³-hybridized carbons (Fsp3) is 1.00. The molecule has 0 spiro atoms. The summed E-state index contributed by atoms with van der Waals surface area (Å²) in [6.45, 7) is 11.3. The molecule has 1 heterocycles. The summed E-state index contributed by atoms with van der Waals surface area (Å²) in [5.74, 6) is 0.887. The van der Waals surface area contributed by atoms with Gasteiger partial charge in [0.2, 0.25) is 0 Å². The molecule has 0 amide bonds. The minimum Gasteiger partial charge on any atom is -0.419 e. The number of hydrogen-bond acceptors (Lipinski definition) is 2. The number of piperidine rings is 1. The van der Waals surface area contributed by atoms with Crippen LogP contribution in [0.4, 0.5) is 0 Å². The number of nitrogens with one attached hydrogen (secondary N) is 1. The van der Waals surface area contributed by atoms with E-state index in [0.29, 0.717) is 0 Å². The van der Waals surface area contributed by atoms with Crippen molar-refractivity contribution < 1.29 is 4.43 Å². The summed E-state index contributed by atoms with van der Waals surface area (Å²) in [6.07, 6.45) is 4.06. The van der Waals surface area contributed by atoms with Crippen molar-refractivity contribution in [3.8, 4) is 0 Å². The van der Waals surface area contributed by atoms with Crippen LogP contribution in [0.25, 0.3) is 0 Å². The Morgan fingerprint density at radius 2 is 2.20 bits per heavy atom. The lowest BCUT2D eigenvalue weighted by molar-refractivity contribution is 0.131. The van der Waals surface area contributed by atoms with E-state index in [1.807, 2.05) is 0 Å². The van der Waals surface area contributed by atoms with Crippen molar-refractivity contribution in [2.75, 3.05) is 13.1 Å². The third-order valence-electron chi connectivity index (χ3n) is 3.26.